The van der Waals surface area contributed by atoms with E-state index in [9.17, 15) is 0 Å². The van der Waals surface area contributed by atoms with Crippen molar-refractivity contribution in [3.05, 3.63) is 40.2 Å². The molecule has 0 saturated carbocycles. The zero-order chi connectivity index (χ0) is 11.4. The van der Waals surface area contributed by atoms with Gasteiger partial charge in [-0.05, 0) is 26.0 Å². The van der Waals surface area contributed by atoms with Crippen LogP contribution in [0.15, 0.2) is 28.2 Å². The average molecular weight is 236 g/mol. The summed E-state index contributed by atoms with van der Waals surface area (Å²) in [5.41, 5.74) is 1.11. The van der Waals surface area contributed by atoms with E-state index < -0.39 is 0 Å². The molecule has 0 fully saturated rings. The smallest absolute Gasteiger partial charge is 0.120 e. The van der Waals surface area contributed by atoms with Gasteiger partial charge in [0, 0.05) is 24.0 Å². The zero-order valence-corrected chi connectivity index (χ0v) is 10.4. The van der Waals surface area contributed by atoms with Crippen LogP contribution >= 0.6 is 11.3 Å². The van der Waals surface area contributed by atoms with Gasteiger partial charge in [0.1, 0.15) is 5.76 Å². The van der Waals surface area contributed by atoms with Crippen molar-refractivity contribution in [3.8, 4) is 0 Å². The minimum absolute atomic E-state index is 0.260. The van der Waals surface area contributed by atoms with Crippen LogP contribution in [0.3, 0.4) is 0 Å². The van der Waals surface area contributed by atoms with E-state index in [-0.39, 0.29) is 6.04 Å². The molecule has 86 valence electrons. The van der Waals surface area contributed by atoms with Crippen molar-refractivity contribution in [2.24, 2.45) is 0 Å². The van der Waals surface area contributed by atoms with E-state index in [1.165, 1.54) is 5.01 Å². The van der Waals surface area contributed by atoms with E-state index in [1.807, 2.05) is 19.1 Å². The van der Waals surface area contributed by atoms with Gasteiger partial charge in [-0.1, -0.05) is 0 Å². The first-order valence-electron chi connectivity index (χ1n) is 5.43. The monoisotopic (exact) mass is 236 g/mol. The Bertz CT molecular complexity index is 422. The maximum absolute atomic E-state index is 5.33. The van der Waals surface area contributed by atoms with Gasteiger partial charge in [0.15, 0.2) is 0 Å². The van der Waals surface area contributed by atoms with Crippen LogP contribution in [-0.2, 0) is 6.42 Å². The fraction of sp³-hybridized carbons (Fsp3) is 0.417. The Kier molecular flexibility index (Phi) is 3.74. The lowest BCUT2D eigenvalue weighted by atomic mass is 10.2. The molecule has 1 unspecified atom stereocenters. The van der Waals surface area contributed by atoms with E-state index in [4.69, 9.17) is 4.42 Å². The average Bonchev–Trinajstić information content (AvgIpc) is 2.89. The number of furan rings is 1. The minimum atomic E-state index is 0.260. The standard InChI is InChI=1S/C12H16N2OS/c1-9-8-16-12(14-9)5-6-13-10(2)11-4-3-7-15-11/h3-4,7-8,10,13H,5-6H2,1-2H3. The van der Waals surface area contributed by atoms with Gasteiger partial charge in [0.05, 0.1) is 17.3 Å². The molecule has 0 aromatic carbocycles. The number of aromatic nitrogens is 1. The Labute approximate surface area is 99.5 Å². The van der Waals surface area contributed by atoms with Gasteiger partial charge in [0.25, 0.3) is 0 Å². The second kappa shape index (κ2) is 5.27. The molecule has 0 bridgehead atoms. The minimum Gasteiger partial charge on any atom is -0.468 e. The molecule has 0 radical (unpaired) electrons. The fourth-order valence-corrected chi connectivity index (χ4v) is 2.33. The predicted octanol–water partition coefficient (Wildman–Crippen LogP) is 2.94. The highest BCUT2D eigenvalue weighted by atomic mass is 32.1. The van der Waals surface area contributed by atoms with Gasteiger partial charge in [-0.3, -0.25) is 0 Å². The first kappa shape index (κ1) is 11.4. The molecule has 2 rings (SSSR count). The summed E-state index contributed by atoms with van der Waals surface area (Å²) in [4.78, 5) is 4.43. The summed E-state index contributed by atoms with van der Waals surface area (Å²) in [7, 11) is 0. The summed E-state index contributed by atoms with van der Waals surface area (Å²) < 4.78 is 5.33. The first-order chi connectivity index (χ1) is 7.75. The van der Waals surface area contributed by atoms with Crippen LogP contribution in [0, 0.1) is 6.92 Å². The van der Waals surface area contributed by atoms with Crippen LogP contribution in [0.1, 0.15) is 29.4 Å². The molecule has 1 atom stereocenters. The van der Waals surface area contributed by atoms with E-state index in [0.717, 1.165) is 24.4 Å². The molecule has 3 nitrogen and oxygen atoms in total. The van der Waals surface area contributed by atoms with Gasteiger partial charge >= 0.3 is 0 Å². The number of hydrogen-bond donors (Lipinski definition) is 1. The van der Waals surface area contributed by atoms with E-state index in [1.54, 1.807) is 17.6 Å². The Morgan fingerprint density at radius 3 is 3.06 bits per heavy atom. The third-order valence-corrected chi connectivity index (χ3v) is 3.45. The van der Waals surface area contributed by atoms with Gasteiger partial charge in [-0.25, -0.2) is 4.98 Å². The summed E-state index contributed by atoms with van der Waals surface area (Å²) in [5, 5.41) is 6.70. The summed E-state index contributed by atoms with van der Waals surface area (Å²) >= 11 is 1.72. The lowest BCUT2D eigenvalue weighted by molar-refractivity contribution is 0.432. The number of nitrogens with zero attached hydrogens (tertiary/aromatic N) is 1. The lowest BCUT2D eigenvalue weighted by Gasteiger charge is -2.09. The van der Waals surface area contributed by atoms with Crippen molar-refractivity contribution in [2.75, 3.05) is 6.54 Å². The number of nitrogens with one attached hydrogen (secondary N) is 1. The number of rotatable bonds is 5. The molecule has 4 heteroatoms. The largest absolute Gasteiger partial charge is 0.468 e. The second-order valence-corrected chi connectivity index (χ2v) is 4.77. The maximum Gasteiger partial charge on any atom is 0.120 e. The molecule has 2 heterocycles. The summed E-state index contributed by atoms with van der Waals surface area (Å²) in [6.45, 7) is 5.06. The van der Waals surface area contributed by atoms with Gasteiger partial charge in [-0.2, -0.15) is 0 Å². The van der Waals surface area contributed by atoms with Gasteiger partial charge in [-0.15, -0.1) is 11.3 Å². The number of thiazole rings is 1. The molecule has 0 aliphatic carbocycles. The van der Waals surface area contributed by atoms with Crippen molar-refractivity contribution < 1.29 is 4.42 Å². The van der Waals surface area contributed by atoms with Crippen LogP contribution in [0.4, 0.5) is 0 Å². The molecule has 2 aromatic heterocycles. The first-order valence-corrected chi connectivity index (χ1v) is 6.31. The molecular formula is C12H16N2OS. The number of hydrogen-bond acceptors (Lipinski definition) is 4. The van der Waals surface area contributed by atoms with Crippen molar-refractivity contribution >= 4 is 11.3 Å². The Hall–Kier alpha value is -1.13. The van der Waals surface area contributed by atoms with Crippen molar-refractivity contribution in [1.29, 1.82) is 0 Å². The maximum atomic E-state index is 5.33. The third kappa shape index (κ3) is 2.93. The number of aryl methyl sites for hydroxylation is 1. The predicted molar refractivity (Wildman–Crippen MR) is 65.7 cm³/mol. The van der Waals surface area contributed by atoms with Crippen LogP contribution in [0.25, 0.3) is 0 Å². The van der Waals surface area contributed by atoms with Crippen LogP contribution in [0.5, 0.6) is 0 Å². The van der Waals surface area contributed by atoms with Gasteiger partial charge < -0.3 is 9.73 Å². The molecule has 0 amide bonds. The molecular weight excluding hydrogens is 220 g/mol. The Morgan fingerprint density at radius 1 is 1.56 bits per heavy atom. The topological polar surface area (TPSA) is 38.1 Å². The molecule has 0 spiro atoms. The fourth-order valence-electron chi connectivity index (χ4n) is 1.55. The van der Waals surface area contributed by atoms with Crippen molar-refractivity contribution in [1.82, 2.24) is 10.3 Å². The molecule has 0 aliphatic rings. The van der Waals surface area contributed by atoms with Crippen LogP contribution in [0.2, 0.25) is 0 Å². The molecule has 16 heavy (non-hydrogen) atoms. The lowest BCUT2D eigenvalue weighted by Crippen LogP contribution is -2.20. The molecule has 0 saturated heterocycles. The van der Waals surface area contributed by atoms with Crippen molar-refractivity contribution in [2.45, 2.75) is 26.3 Å². The quantitative estimate of drug-likeness (QED) is 0.867. The summed E-state index contributed by atoms with van der Waals surface area (Å²) in [6.07, 6.45) is 2.68. The van der Waals surface area contributed by atoms with Crippen LogP contribution in [-0.4, -0.2) is 11.5 Å². The second-order valence-electron chi connectivity index (χ2n) is 3.82. The molecule has 2 aromatic rings. The van der Waals surface area contributed by atoms with Crippen molar-refractivity contribution in [3.63, 3.8) is 0 Å². The van der Waals surface area contributed by atoms with E-state index in [2.05, 4.69) is 22.6 Å². The van der Waals surface area contributed by atoms with E-state index >= 15 is 0 Å². The molecule has 0 aliphatic heterocycles. The normalized spacial score (nSPS) is 12.9. The van der Waals surface area contributed by atoms with Gasteiger partial charge in [0.2, 0.25) is 0 Å². The Morgan fingerprint density at radius 2 is 2.44 bits per heavy atom. The van der Waals surface area contributed by atoms with E-state index in [0.29, 0.717) is 0 Å². The Balaban J connectivity index is 1.76. The third-order valence-electron chi connectivity index (χ3n) is 2.43. The summed E-state index contributed by atoms with van der Waals surface area (Å²) in [5.74, 6) is 0.982. The summed E-state index contributed by atoms with van der Waals surface area (Å²) in [6, 6.07) is 4.17. The SMILES string of the molecule is Cc1csc(CCNC(C)c2ccco2)n1. The zero-order valence-electron chi connectivity index (χ0n) is 9.56. The highest BCUT2D eigenvalue weighted by Crippen LogP contribution is 2.13. The molecule has 1 N–H and O–H groups in total. The highest BCUT2D eigenvalue weighted by Gasteiger charge is 2.07. The van der Waals surface area contributed by atoms with Crippen LogP contribution < -0.4 is 5.32 Å². The highest BCUT2D eigenvalue weighted by molar-refractivity contribution is 7.09.